The monoisotopic (exact) mass is 345 g/mol. The number of pyridine rings is 1. The van der Waals surface area contributed by atoms with Crippen LogP contribution in [-0.4, -0.2) is 30.1 Å². The van der Waals surface area contributed by atoms with Crippen molar-refractivity contribution in [3.63, 3.8) is 0 Å². The highest BCUT2D eigenvalue weighted by molar-refractivity contribution is 7.09. The Morgan fingerprint density at radius 2 is 2.17 bits per heavy atom. The first-order chi connectivity index (χ1) is 11.5. The molecule has 0 saturated heterocycles. The lowest BCUT2D eigenvalue weighted by molar-refractivity contribution is 0.237. The first-order valence-electron chi connectivity index (χ1n) is 8.16. The zero-order valence-corrected chi connectivity index (χ0v) is 15.1. The van der Waals surface area contributed by atoms with Gasteiger partial charge in [0, 0.05) is 25.4 Å². The summed E-state index contributed by atoms with van der Waals surface area (Å²) in [6.07, 6.45) is 2.49. The Labute approximate surface area is 146 Å². The van der Waals surface area contributed by atoms with Gasteiger partial charge in [-0.15, -0.1) is 11.3 Å². The lowest BCUT2D eigenvalue weighted by Gasteiger charge is -2.14. The summed E-state index contributed by atoms with van der Waals surface area (Å²) in [5.74, 6) is 1.53. The van der Waals surface area contributed by atoms with E-state index >= 15 is 0 Å². The molecule has 0 spiro atoms. The van der Waals surface area contributed by atoms with Crippen LogP contribution in [0.4, 0.5) is 10.6 Å². The van der Waals surface area contributed by atoms with E-state index in [1.54, 1.807) is 11.3 Å². The predicted molar refractivity (Wildman–Crippen MR) is 96.4 cm³/mol. The van der Waals surface area contributed by atoms with Crippen molar-refractivity contribution in [3.8, 4) is 0 Å². The van der Waals surface area contributed by atoms with Gasteiger partial charge >= 0.3 is 6.03 Å². The maximum absolute atomic E-state index is 12.1. The van der Waals surface area contributed by atoms with Gasteiger partial charge in [-0.05, 0) is 31.9 Å². The molecule has 1 fully saturated rings. The van der Waals surface area contributed by atoms with E-state index in [1.807, 2.05) is 49.5 Å². The standard InChI is InChI=1S/C17H23N5OS/c1-11(14-10-24-16(21-14)12-7-8-12)19-17(23)18-9-13-5-4-6-15(20-13)22(2)3/h4-6,10-12H,7-9H2,1-3H3,(H2,18,19,23)/t11-/m1/s1. The van der Waals surface area contributed by atoms with Crippen molar-refractivity contribution in [2.24, 2.45) is 0 Å². The summed E-state index contributed by atoms with van der Waals surface area (Å²) >= 11 is 1.69. The Morgan fingerprint density at radius 1 is 1.38 bits per heavy atom. The van der Waals surface area contributed by atoms with E-state index in [0.717, 1.165) is 17.2 Å². The van der Waals surface area contributed by atoms with Crippen LogP contribution in [0.25, 0.3) is 0 Å². The predicted octanol–water partition coefficient (Wildman–Crippen LogP) is 3.04. The molecule has 2 heterocycles. The SMILES string of the molecule is C[C@@H](NC(=O)NCc1cccc(N(C)C)n1)c1csc(C2CC2)n1. The van der Waals surface area contributed by atoms with E-state index in [1.165, 1.54) is 17.8 Å². The Hall–Kier alpha value is -2.15. The molecule has 2 amide bonds. The average molecular weight is 345 g/mol. The molecule has 7 heteroatoms. The Bertz CT molecular complexity index is 711. The van der Waals surface area contributed by atoms with E-state index in [9.17, 15) is 4.79 Å². The summed E-state index contributed by atoms with van der Waals surface area (Å²) in [4.78, 5) is 23.1. The lowest BCUT2D eigenvalue weighted by Crippen LogP contribution is -2.37. The van der Waals surface area contributed by atoms with Crippen molar-refractivity contribution in [2.75, 3.05) is 19.0 Å². The highest BCUT2D eigenvalue weighted by Crippen LogP contribution is 2.41. The minimum absolute atomic E-state index is 0.102. The average Bonchev–Trinajstić information content (AvgIpc) is 3.30. The molecule has 0 aromatic carbocycles. The molecule has 1 aliphatic rings. The normalized spacial score (nSPS) is 15.0. The Morgan fingerprint density at radius 3 is 2.88 bits per heavy atom. The summed E-state index contributed by atoms with van der Waals surface area (Å²) in [6.45, 7) is 2.35. The van der Waals surface area contributed by atoms with Gasteiger partial charge < -0.3 is 15.5 Å². The number of hydrogen-bond acceptors (Lipinski definition) is 5. The summed E-state index contributed by atoms with van der Waals surface area (Å²) in [7, 11) is 3.88. The van der Waals surface area contributed by atoms with Gasteiger partial charge in [-0.1, -0.05) is 6.07 Å². The number of nitrogens with zero attached hydrogens (tertiary/aromatic N) is 3. The summed E-state index contributed by atoms with van der Waals surface area (Å²) in [6, 6.07) is 5.47. The van der Waals surface area contributed by atoms with Crippen molar-refractivity contribution in [3.05, 3.63) is 40.0 Å². The van der Waals surface area contributed by atoms with Crippen LogP contribution in [0.5, 0.6) is 0 Å². The third-order valence-electron chi connectivity index (χ3n) is 3.94. The molecule has 6 nitrogen and oxygen atoms in total. The highest BCUT2D eigenvalue weighted by Gasteiger charge is 2.27. The van der Waals surface area contributed by atoms with Crippen LogP contribution in [0.15, 0.2) is 23.6 Å². The van der Waals surface area contributed by atoms with E-state index in [0.29, 0.717) is 12.5 Å². The van der Waals surface area contributed by atoms with Crippen LogP contribution < -0.4 is 15.5 Å². The van der Waals surface area contributed by atoms with E-state index < -0.39 is 0 Å². The number of hydrogen-bond donors (Lipinski definition) is 2. The van der Waals surface area contributed by atoms with Gasteiger partial charge in [0.25, 0.3) is 0 Å². The van der Waals surface area contributed by atoms with Gasteiger partial charge in [-0.2, -0.15) is 0 Å². The van der Waals surface area contributed by atoms with Gasteiger partial charge in [0.05, 0.1) is 29.0 Å². The number of rotatable bonds is 6. The molecule has 1 saturated carbocycles. The molecule has 2 N–H and O–H groups in total. The molecule has 1 aliphatic carbocycles. The Kier molecular flexibility index (Phi) is 4.99. The van der Waals surface area contributed by atoms with Crippen molar-refractivity contribution in [1.82, 2.24) is 20.6 Å². The zero-order valence-electron chi connectivity index (χ0n) is 14.2. The first kappa shape index (κ1) is 16.7. The molecule has 0 unspecified atom stereocenters. The van der Waals surface area contributed by atoms with Gasteiger partial charge in [-0.3, -0.25) is 0 Å². The largest absolute Gasteiger partial charge is 0.363 e. The number of aromatic nitrogens is 2. The molecule has 128 valence electrons. The van der Waals surface area contributed by atoms with Crippen molar-refractivity contribution < 1.29 is 4.79 Å². The van der Waals surface area contributed by atoms with Crippen LogP contribution >= 0.6 is 11.3 Å². The van der Waals surface area contributed by atoms with Gasteiger partial charge in [0.15, 0.2) is 0 Å². The second kappa shape index (κ2) is 7.17. The second-order valence-electron chi connectivity index (χ2n) is 6.32. The van der Waals surface area contributed by atoms with Crippen LogP contribution in [0.1, 0.15) is 48.1 Å². The number of nitrogens with one attached hydrogen (secondary N) is 2. The minimum atomic E-state index is -0.208. The molecule has 2 aromatic heterocycles. The Balaban J connectivity index is 1.50. The van der Waals surface area contributed by atoms with E-state index in [2.05, 4.69) is 20.6 Å². The number of urea groups is 1. The maximum Gasteiger partial charge on any atom is 0.315 e. The van der Waals surface area contributed by atoms with Gasteiger partial charge in [0.2, 0.25) is 0 Å². The molecule has 1 atom stereocenters. The number of carbonyl (C=O) groups is 1. The summed E-state index contributed by atoms with van der Waals surface area (Å²) in [5, 5.41) is 9.02. The van der Waals surface area contributed by atoms with E-state index in [-0.39, 0.29) is 12.1 Å². The molecule has 0 bridgehead atoms. The second-order valence-corrected chi connectivity index (χ2v) is 7.20. The number of carbonyl (C=O) groups excluding carboxylic acids is 1. The maximum atomic E-state index is 12.1. The fourth-order valence-electron chi connectivity index (χ4n) is 2.32. The molecule has 2 aromatic rings. The molecule has 3 rings (SSSR count). The van der Waals surface area contributed by atoms with E-state index in [4.69, 9.17) is 0 Å². The summed E-state index contributed by atoms with van der Waals surface area (Å²) in [5.41, 5.74) is 1.76. The third kappa shape index (κ3) is 4.23. The van der Waals surface area contributed by atoms with Gasteiger partial charge in [-0.25, -0.2) is 14.8 Å². The van der Waals surface area contributed by atoms with Gasteiger partial charge in [0.1, 0.15) is 5.82 Å². The molecule has 0 aliphatic heterocycles. The lowest BCUT2D eigenvalue weighted by atomic mass is 10.2. The van der Waals surface area contributed by atoms with Crippen LogP contribution in [0.3, 0.4) is 0 Å². The summed E-state index contributed by atoms with van der Waals surface area (Å²) < 4.78 is 0. The van der Waals surface area contributed by atoms with Crippen molar-refractivity contribution >= 4 is 23.2 Å². The molecule has 24 heavy (non-hydrogen) atoms. The number of thiazole rings is 1. The van der Waals surface area contributed by atoms with Crippen LogP contribution in [-0.2, 0) is 6.54 Å². The number of amides is 2. The fourth-order valence-corrected chi connectivity index (χ4v) is 3.41. The minimum Gasteiger partial charge on any atom is -0.363 e. The topological polar surface area (TPSA) is 70.2 Å². The van der Waals surface area contributed by atoms with Crippen LogP contribution in [0, 0.1) is 0 Å². The molecular weight excluding hydrogens is 322 g/mol. The first-order valence-corrected chi connectivity index (χ1v) is 9.04. The highest BCUT2D eigenvalue weighted by atomic mass is 32.1. The van der Waals surface area contributed by atoms with Crippen molar-refractivity contribution in [1.29, 1.82) is 0 Å². The smallest absolute Gasteiger partial charge is 0.315 e. The fraction of sp³-hybridized carbons (Fsp3) is 0.471. The molecular formula is C17H23N5OS. The van der Waals surface area contributed by atoms with Crippen LogP contribution in [0.2, 0.25) is 0 Å². The number of anilines is 1. The quantitative estimate of drug-likeness (QED) is 0.844. The third-order valence-corrected chi connectivity index (χ3v) is 4.96. The molecule has 0 radical (unpaired) electrons. The van der Waals surface area contributed by atoms with Crippen molar-refractivity contribution in [2.45, 2.75) is 38.3 Å². The zero-order chi connectivity index (χ0) is 17.1.